The van der Waals surface area contributed by atoms with E-state index < -0.39 is 5.91 Å². The van der Waals surface area contributed by atoms with Gasteiger partial charge in [-0.3, -0.25) is 4.79 Å². The van der Waals surface area contributed by atoms with E-state index in [-0.39, 0.29) is 17.4 Å². The number of methoxy groups -OCH3 is 1. The SMILES string of the molecule is CC[C@@H](C)Oc1c(Br)cc(/C=C(/C#N)C(=O)Nc2ccc(O)cc2)cc1OC. The molecule has 2 N–H and O–H groups in total. The van der Waals surface area contributed by atoms with Crippen LogP contribution in [0, 0.1) is 11.3 Å². The van der Waals surface area contributed by atoms with Crippen molar-refractivity contribution < 1.29 is 19.4 Å². The summed E-state index contributed by atoms with van der Waals surface area (Å²) in [5, 5.41) is 21.3. The molecule has 2 aromatic carbocycles. The van der Waals surface area contributed by atoms with Crippen LogP contribution in [-0.4, -0.2) is 24.2 Å². The van der Waals surface area contributed by atoms with Crippen LogP contribution in [0.25, 0.3) is 6.08 Å². The number of nitrogens with one attached hydrogen (secondary N) is 1. The number of benzene rings is 2. The Morgan fingerprint density at radius 2 is 2.04 bits per heavy atom. The van der Waals surface area contributed by atoms with E-state index in [2.05, 4.69) is 21.2 Å². The Labute approximate surface area is 172 Å². The van der Waals surface area contributed by atoms with Crippen LogP contribution in [0.2, 0.25) is 0 Å². The van der Waals surface area contributed by atoms with Crippen molar-refractivity contribution in [2.24, 2.45) is 0 Å². The molecule has 0 bridgehead atoms. The predicted octanol–water partition coefficient (Wildman–Crippen LogP) is 4.89. The van der Waals surface area contributed by atoms with Crippen molar-refractivity contribution in [2.75, 3.05) is 12.4 Å². The lowest BCUT2D eigenvalue weighted by Gasteiger charge is -2.17. The highest BCUT2D eigenvalue weighted by Gasteiger charge is 2.15. The molecule has 0 heterocycles. The van der Waals surface area contributed by atoms with Crippen LogP contribution in [-0.2, 0) is 4.79 Å². The number of ether oxygens (including phenoxy) is 2. The van der Waals surface area contributed by atoms with Crippen molar-refractivity contribution in [1.82, 2.24) is 0 Å². The number of nitriles is 1. The number of carbonyl (C=O) groups excluding carboxylic acids is 1. The smallest absolute Gasteiger partial charge is 0.266 e. The first kappa shape index (κ1) is 21.3. The van der Waals surface area contributed by atoms with Crippen molar-refractivity contribution in [3.05, 3.63) is 52.0 Å². The Morgan fingerprint density at radius 1 is 1.36 bits per heavy atom. The number of nitrogens with zero attached hydrogens (tertiary/aromatic N) is 1. The van der Waals surface area contributed by atoms with Gasteiger partial charge < -0.3 is 19.9 Å². The molecule has 28 heavy (non-hydrogen) atoms. The van der Waals surface area contributed by atoms with Gasteiger partial charge in [-0.1, -0.05) is 6.92 Å². The van der Waals surface area contributed by atoms with Crippen LogP contribution in [0.4, 0.5) is 5.69 Å². The molecule has 146 valence electrons. The number of phenols is 1. The third-order valence-corrected chi connectivity index (χ3v) is 4.54. The topological polar surface area (TPSA) is 91.6 Å². The standard InChI is InChI=1S/C21H21BrN2O4/c1-4-13(2)28-20-18(22)10-14(11-19(20)27-3)9-15(12-23)21(26)24-16-5-7-17(25)8-6-16/h5-11,13,25H,4H2,1-3H3,(H,24,26)/b15-9-/t13-/m1/s1. The summed E-state index contributed by atoms with van der Waals surface area (Å²) in [5.41, 5.74) is 1.01. The van der Waals surface area contributed by atoms with Crippen molar-refractivity contribution in [3.8, 4) is 23.3 Å². The molecule has 2 aromatic rings. The molecule has 1 atom stereocenters. The first-order valence-electron chi connectivity index (χ1n) is 8.64. The fraction of sp³-hybridized carbons (Fsp3) is 0.238. The molecule has 0 aliphatic heterocycles. The van der Waals surface area contributed by atoms with E-state index >= 15 is 0 Å². The molecule has 0 aliphatic carbocycles. The Kier molecular flexibility index (Phi) is 7.47. The summed E-state index contributed by atoms with van der Waals surface area (Å²) >= 11 is 3.46. The molecule has 0 saturated carbocycles. The van der Waals surface area contributed by atoms with E-state index in [1.54, 1.807) is 24.3 Å². The number of carbonyl (C=O) groups is 1. The molecular weight excluding hydrogens is 424 g/mol. The molecule has 0 fully saturated rings. The van der Waals surface area contributed by atoms with Gasteiger partial charge in [-0.2, -0.15) is 5.26 Å². The van der Waals surface area contributed by atoms with E-state index in [0.717, 1.165) is 6.42 Å². The molecule has 0 unspecified atom stereocenters. The van der Waals surface area contributed by atoms with Gasteiger partial charge in [0.05, 0.1) is 17.7 Å². The van der Waals surface area contributed by atoms with Crippen molar-refractivity contribution >= 4 is 33.6 Å². The molecular formula is C21H21BrN2O4. The zero-order valence-corrected chi connectivity index (χ0v) is 17.4. The van der Waals surface area contributed by atoms with Gasteiger partial charge in [0.15, 0.2) is 11.5 Å². The lowest BCUT2D eigenvalue weighted by atomic mass is 10.1. The average Bonchev–Trinajstić information content (AvgIpc) is 2.69. The van der Waals surface area contributed by atoms with Gasteiger partial charge >= 0.3 is 0 Å². The second-order valence-corrected chi connectivity index (χ2v) is 6.90. The molecule has 0 aliphatic rings. The van der Waals surface area contributed by atoms with E-state index in [4.69, 9.17) is 9.47 Å². The Balaban J connectivity index is 2.30. The summed E-state index contributed by atoms with van der Waals surface area (Å²) in [4.78, 5) is 12.4. The number of amides is 1. The highest BCUT2D eigenvalue weighted by Crippen LogP contribution is 2.38. The fourth-order valence-corrected chi connectivity index (χ4v) is 2.83. The van der Waals surface area contributed by atoms with Crippen LogP contribution in [0.3, 0.4) is 0 Å². The van der Waals surface area contributed by atoms with Gasteiger partial charge in [0.1, 0.15) is 17.4 Å². The number of hydrogen-bond donors (Lipinski definition) is 2. The monoisotopic (exact) mass is 444 g/mol. The maximum atomic E-state index is 12.4. The van der Waals surface area contributed by atoms with Crippen LogP contribution < -0.4 is 14.8 Å². The number of anilines is 1. The number of phenolic OH excluding ortho intramolecular Hbond substituents is 1. The lowest BCUT2D eigenvalue weighted by molar-refractivity contribution is -0.112. The fourth-order valence-electron chi connectivity index (χ4n) is 2.28. The summed E-state index contributed by atoms with van der Waals surface area (Å²) in [5.74, 6) is 0.604. The van der Waals surface area contributed by atoms with Crippen LogP contribution in [0.1, 0.15) is 25.8 Å². The molecule has 0 radical (unpaired) electrons. The molecule has 7 heteroatoms. The molecule has 0 saturated heterocycles. The lowest BCUT2D eigenvalue weighted by Crippen LogP contribution is -2.13. The minimum absolute atomic E-state index is 0.0114. The van der Waals surface area contributed by atoms with Crippen molar-refractivity contribution in [3.63, 3.8) is 0 Å². The Bertz CT molecular complexity index is 917. The summed E-state index contributed by atoms with van der Waals surface area (Å²) in [7, 11) is 1.53. The first-order chi connectivity index (χ1) is 13.4. The summed E-state index contributed by atoms with van der Waals surface area (Å²) in [6.45, 7) is 3.98. The van der Waals surface area contributed by atoms with Gasteiger partial charge in [-0.05, 0) is 77.3 Å². The van der Waals surface area contributed by atoms with Gasteiger partial charge in [0.25, 0.3) is 5.91 Å². The molecule has 2 rings (SSSR count). The number of aromatic hydroxyl groups is 1. The van der Waals surface area contributed by atoms with Crippen LogP contribution >= 0.6 is 15.9 Å². The van der Waals surface area contributed by atoms with Crippen LogP contribution in [0.5, 0.6) is 17.2 Å². The van der Waals surface area contributed by atoms with Gasteiger partial charge in [0.2, 0.25) is 0 Å². The second-order valence-electron chi connectivity index (χ2n) is 6.04. The van der Waals surface area contributed by atoms with E-state index in [1.807, 2.05) is 19.9 Å². The van der Waals surface area contributed by atoms with Gasteiger partial charge in [0, 0.05) is 5.69 Å². The first-order valence-corrected chi connectivity index (χ1v) is 9.43. The van der Waals surface area contributed by atoms with Crippen molar-refractivity contribution in [2.45, 2.75) is 26.4 Å². The quantitative estimate of drug-likeness (QED) is 0.360. The highest BCUT2D eigenvalue weighted by molar-refractivity contribution is 9.10. The normalized spacial score (nSPS) is 12.0. The Morgan fingerprint density at radius 3 is 2.61 bits per heavy atom. The zero-order valence-electron chi connectivity index (χ0n) is 15.8. The Hall–Kier alpha value is -2.98. The maximum Gasteiger partial charge on any atom is 0.266 e. The van der Waals surface area contributed by atoms with E-state index in [1.165, 1.54) is 25.3 Å². The van der Waals surface area contributed by atoms with E-state index in [0.29, 0.717) is 27.2 Å². The minimum atomic E-state index is -0.553. The zero-order chi connectivity index (χ0) is 20.7. The molecule has 1 amide bonds. The van der Waals surface area contributed by atoms with Gasteiger partial charge in [-0.15, -0.1) is 0 Å². The van der Waals surface area contributed by atoms with E-state index in [9.17, 15) is 15.2 Å². The predicted molar refractivity (Wildman–Crippen MR) is 111 cm³/mol. The highest BCUT2D eigenvalue weighted by atomic mass is 79.9. The number of halogens is 1. The third-order valence-electron chi connectivity index (χ3n) is 3.95. The average molecular weight is 445 g/mol. The summed E-state index contributed by atoms with van der Waals surface area (Å²) in [6.07, 6.45) is 2.32. The number of rotatable bonds is 7. The van der Waals surface area contributed by atoms with Crippen molar-refractivity contribution in [1.29, 1.82) is 5.26 Å². The summed E-state index contributed by atoms with van der Waals surface area (Å²) in [6, 6.07) is 11.3. The molecule has 0 aromatic heterocycles. The van der Waals surface area contributed by atoms with Gasteiger partial charge in [-0.25, -0.2) is 0 Å². The molecule has 6 nitrogen and oxygen atoms in total. The molecule has 0 spiro atoms. The number of hydrogen-bond acceptors (Lipinski definition) is 5. The maximum absolute atomic E-state index is 12.4. The minimum Gasteiger partial charge on any atom is -0.508 e. The third kappa shape index (κ3) is 5.51. The summed E-state index contributed by atoms with van der Waals surface area (Å²) < 4.78 is 11.9. The largest absolute Gasteiger partial charge is 0.508 e. The second kappa shape index (κ2) is 9.81. The van der Waals surface area contributed by atoms with Crippen LogP contribution in [0.15, 0.2) is 46.4 Å².